The fraction of sp³-hybridized carbons (Fsp3) is 0.714. The topological polar surface area (TPSA) is 56.1 Å². The lowest BCUT2D eigenvalue weighted by molar-refractivity contribution is 0.210. The van der Waals surface area contributed by atoms with Gasteiger partial charge in [0.15, 0.2) is 0 Å². The van der Waals surface area contributed by atoms with Gasteiger partial charge in [-0.3, -0.25) is 0 Å². The molecule has 0 aromatic heterocycles. The summed E-state index contributed by atoms with van der Waals surface area (Å²) in [6.45, 7) is 4.15. The molecule has 0 radical (unpaired) electrons. The molecule has 11 heavy (non-hydrogen) atoms. The fourth-order valence-corrected chi connectivity index (χ4v) is 0.471. The molecule has 0 aliphatic heterocycles. The van der Waals surface area contributed by atoms with E-state index < -0.39 is 6.04 Å². The van der Waals surface area contributed by atoms with E-state index in [4.69, 9.17) is 5.26 Å². The number of rotatable bonds is 2. The van der Waals surface area contributed by atoms with E-state index in [1.54, 1.807) is 14.0 Å². The van der Waals surface area contributed by atoms with Crippen molar-refractivity contribution in [3.63, 3.8) is 0 Å². The van der Waals surface area contributed by atoms with Crippen LogP contribution < -0.4 is 5.32 Å². The number of nitriles is 1. The predicted molar refractivity (Wildman–Crippen MR) is 41.9 cm³/mol. The van der Waals surface area contributed by atoms with Crippen molar-refractivity contribution in [1.29, 1.82) is 5.26 Å². The lowest BCUT2D eigenvalue weighted by Crippen LogP contribution is -2.41. The van der Waals surface area contributed by atoms with Crippen LogP contribution >= 0.6 is 0 Å². The van der Waals surface area contributed by atoms with Gasteiger partial charge in [-0.25, -0.2) is 4.79 Å². The molecule has 0 aromatic rings. The van der Waals surface area contributed by atoms with Gasteiger partial charge in [-0.05, 0) is 13.8 Å². The molecule has 0 aromatic carbocycles. The summed E-state index contributed by atoms with van der Waals surface area (Å²) in [5.74, 6) is 0. The highest BCUT2D eigenvalue weighted by molar-refractivity contribution is 5.74. The molecule has 0 saturated carbocycles. The summed E-state index contributed by atoms with van der Waals surface area (Å²) in [6.07, 6.45) is 0. The molecule has 0 aliphatic rings. The van der Waals surface area contributed by atoms with E-state index in [1.807, 2.05) is 13.0 Å². The molecule has 0 aliphatic carbocycles. The highest BCUT2D eigenvalue weighted by Gasteiger charge is 2.08. The Bertz CT molecular complexity index is 173. The van der Waals surface area contributed by atoms with Gasteiger partial charge in [0.25, 0.3) is 0 Å². The van der Waals surface area contributed by atoms with Crippen molar-refractivity contribution in [1.82, 2.24) is 10.2 Å². The second-order valence-electron chi connectivity index (χ2n) is 2.31. The normalized spacial score (nSPS) is 11.5. The summed E-state index contributed by atoms with van der Waals surface area (Å²) in [7, 11) is 1.68. The van der Waals surface area contributed by atoms with Crippen LogP contribution in [0.2, 0.25) is 0 Å². The molecule has 0 unspecified atom stereocenters. The Kier molecular flexibility index (Phi) is 4.04. The van der Waals surface area contributed by atoms with Gasteiger partial charge < -0.3 is 10.2 Å². The third-order valence-electron chi connectivity index (χ3n) is 1.35. The first-order valence-electron chi connectivity index (χ1n) is 3.53. The fourth-order valence-electron chi connectivity index (χ4n) is 0.471. The molecular weight excluding hydrogens is 142 g/mol. The first-order valence-corrected chi connectivity index (χ1v) is 3.53. The highest BCUT2D eigenvalue weighted by Crippen LogP contribution is 1.85. The summed E-state index contributed by atoms with van der Waals surface area (Å²) in [5.41, 5.74) is 0. The molecule has 1 N–H and O–H groups in total. The number of hydrogen-bond acceptors (Lipinski definition) is 2. The van der Waals surface area contributed by atoms with Gasteiger partial charge in [-0.2, -0.15) is 5.26 Å². The smallest absolute Gasteiger partial charge is 0.318 e. The Balaban J connectivity index is 3.80. The Morgan fingerprint density at radius 3 is 2.73 bits per heavy atom. The largest absolute Gasteiger partial charge is 0.328 e. The van der Waals surface area contributed by atoms with Crippen LogP contribution in [0.3, 0.4) is 0 Å². The summed E-state index contributed by atoms with van der Waals surface area (Å²) in [6, 6.07) is 1.29. The van der Waals surface area contributed by atoms with Crippen molar-refractivity contribution >= 4 is 6.03 Å². The molecule has 0 rings (SSSR count). The second-order valence-corrected chi connectivity index (χ2v) is 2.31. The summed E-state index contributed by atoms with van der Waals surface area (Å²) in [5, 5.41) is 10.9. The molecule has 4 nitrogen and oxygen atoms in total. The van der Waals surface area contributed by atoms with Crippen molar-refractivity contribution in [3.8, 4) is 6.07 Å². The van der Waals surface area contributed by atoms with Gasteiger partial charge in [0.05, 0.1) is 6.07 Å². The molecule has 2 amide bonds. The maximum absolute atomic E-state index is 11.0. The highest BCUT2D eigenvalue weighted by atomic mass is 16.2. The first kappa shape index (κ1) is 9.76. The van der Waals surface area contributed by atoms with Gasteiger partial charge in [-0.15, -0.1) is 0 Å². The van der Waals surface area contributed by atoms with Gasteiger partial charge in [-0.1, -0.05) is 0 Å². The minimum Gasteiger partial charge on any atom is -0.328 e. The zero-order valence-electron chi connectivity index (χ0n) is 7.09. The van der Waals surface area contributed by atoms with E-state index >= 15 is 0 Å². The van der Waals surface area contributed by atoms with Crippen molar-refractivity contribution in [2.75, 3.05) is 13.6 Å². The lowest BCUT2D eigenvalue weighted by Gasteiger charge is -2.16. The Hall–Kier alpha value is -1.24. The molecule has 62 valence electrons. The van der Waals surface area contributed by atoms with Crippen molar-refractivity contribution in [2.45, 2.75) is 19.9 Å². The number of urea groups is 1. The summed E-state index contributed by atoms with van der Waals surface area (Å²) >= 11 is 0. The van der Waals surface area contributed by atoms with Crippen LogP contribution in [0.5, 0.6) is 0 Å². The van der Waals surface area contributed by atoms with E-state index in [-0.39, 0.29) is 6.03 Å². The van der Waals surface area contributed by atoms with Crippen LogP contribution in [0.4, 0.5) is 4.79 Å². The maximum Gasteiger partial charge on any atom is 0.318 e. The summed E-state index contributed by atoms with van der Waals surface area (Å²) < 4.78 is 0. The quantitative estimate of drug-likeness (QED) is 0.633. The monoisotopic (exact) mass is 155 g/mol. The number of carbonyl (C=O) groups excluding carboxylic acids is 1. The molecule has 0 spiro atoms. The first-order chi connectivity index (χ1) is 5.11. The third-order valence-corrected chi connectivity index (χ3v) is 1.35. The Morgan fingerprint density at radius 1 is 1.82 bits per heavy atom. The molecule has 0 bridgehead atoms. The number of carbonyl (C=O) groups is 1. The summed E-state index contributed by atoms with van der Waals surface area (Å²) in [4.78, 5) is 12.5. The van der Waals surface area contributed by atoms with Crippen LogP contribution in [-0.4, -0.2) is 30.6 Å². The molecule has 0 saturated heterocycles. The standard InChI is InChI=1S/C7H13N3O/c1-4-10(3)7(11)9-6(2)5-8/h6H,4H2,1-3H3,(H,9,11)/t6-/m1/s1. The van der Waals surface area contributed by atoms with Crippen LogP contribution in [0.1, 0.15) is 13.8 Å². The average molecular weight is 155 g/mol. The average Bonchev–Trinajstić information content (AvgIpc) is 2.02. The number of amides is 2. The van der Waals surface area contributed by atoms with Crippen LogP contribution in [0, 0.1) is 11.3 Å². The SMILES string of the molecule is CCN(C)C(=O)N[C@H](C)C#N. The second kappa shape index (κ2) is 4.56. The van der Waals surface area contributed by atoms with E-state index in [9.17, 15) is 4.79 Å². The molecule has 0 heterocycles. The van der Waals surface area contributed by atoms with Gasteiger partial charge in [0, 0.05) is 13.6 Å². The van der Waals surface area contributed by atoms with Gasteiger partial charge >= 0.3 is 6.03 Å². The van der Waals surface area contributed by atoms with Gasteiger partial charge in [0.1, 0.15) is 6.04 Å². The predicted octanol–water partition coefficient (Wildman–Crippen LogP) is 0.560. The zero-order chi connectivity index (χ0) is 8.85. The molecule has 1 atom stereocenters. The van der Waals surface area contributed by atoms with E-state index in [0.29, 0.717) is 6.54 Å². The van der Waals surface area contributed by atoms with E-state index in [0.717, 1.165) is 0 Å². The molecule has 4 heteroatoms. The Morgan fingerprint density at radius 2 is 2.36 bits per heavy atom. The molecular formula is C7H13N3O. The minimum absolute atomic E-state index is 0.207. The van der Waals surface area contributed by atoms with E-state index in [1.165, 1.54) is 4.90 Å². The van der Waals surface area contributed by atoms with E-state index in [2.05, 4.69) is 5.32 Å². The van der Waals surface area contributed by atoms with Crippen LogP contribution in [0.25, 0.3) is 0 Å². The minimum atomic E-state index is -0.420. The van der Waals surface area contributed by atoms with Crippen LogP contribution in [-0.2, 0) is 0 Å². The Labute approximate surface area is 66.8 Å². The van der Waals surface area contributed by atoms with Crippen molar-refractivity contribution in [3.05, 3.63) is 0 Å². The number of hydrogen-bond donors (Lipinski definition) is 1. The van der Waals surface area contributed by atoms with Crippen LogP contribution in [0.15, 0.2) is 0 Å². The number of nitrogens with one attached hydrogen (secondary N) is 1. The zero-order valence-corrected chi connectivity index (χ0v) is 7.09. The lowest BCUT2D eigenvalue weighted by atomic mass is 10.4. The van der Waals surface area contributed by atoms with Crippen molar-refractivity contribution < 1.29 is 4.79 Å². The number of nitrogens with zero attached hydrogens (tertiary/aromatic N) is 2. The third kappa shape index (κ3) is 3.46. The van der Waals surface area contributed by atoms with Crippen molar-refractivity contribution in [2.24, 2.45) is 0 Å². The van der Waals surface area contributed by atoms with Gasteiger partial charge in [0.2, 0.25) is 0 Å². The molecule has 0 fully saturated rings. The maximum atomic E-state index is 11.0.